The topological polar surface area (TPSA) is 6.25 Å². The first kappa shape index (κ1) is 22.1. The van der Waals surface area contributed by atoms with Gasteiger partial charge in [0.1, 0.15) is 0 Å². The predicted octanol–water partition coefficient (Wildman–Crippen LogP) is 2.56. The third-order valence-electron chi connectivity index (χ3n) is 6.40. The van der Waals surface area contributed by atoms with E-state index in [4.69, 9.17) is 11.6 Å². The van der Waals surface area contributed by atoms with Crippen LogP contribution < -0.4 is 17.0 Å². The summed E-state index contributed by atoms with van der Waals surface area (Å²) in [6, 6.07) is 19.2. The first-order valence-electron chi connectivity index (χ1n) is 10.4. The molecule has 1 saturated heterocycles. The van der Waals surface area contributed by atoms with Gasteiger partial charge in [0, 0.05) is 49.3 Å². The number of halogens is 2. The minimum absolute atomic E-state index is 0. The molecule has 0 aliphatic carbocycles. The fraction of sp³-hybridized carbons (Fsp3) is 0.400. The number of hydrogen-bond acceptors (Lipinski definition) is 1. The van der Waals surface area contributed by atoms with Gasteiger partial charge in [-0.1, -0.05) is 54.1 Å². The normalized spacial score (nSPS) is 20.7. The molecular weight excluding hydrogens is 444 g/mol. The van der Waals surface area contributed by atoms with Gasteiger partial charge in [0.25, 0.3) is 0 Å². The third-order valence-corrected chi connectivity index (χ3v) is 6.65. The molecule has 2 aromatic rings. The Morgan fingerprint density at radius 3 is 2.28 bits per heavy atom. The van der Waals surface area contributed by atoms with Gasteiger partial charge >= 0.3 is 0 Å². The van der Waals surface area contributed by atoms with Gasteiger partial charge in [-0.2, -0.15) is 0 Å². The third kappa shape index (κ3) is 4.95. The van der Waals surface area contributed by atoms with Gasteiger partial charge in [-0.05, 0) is 37.0 Å². The Morgan fingerprint density at radius 2 is 1.62 bits per heavy atom. The van der Waals surface area contributed by atoms with Crippen LogP contribution in [-0.4, -0.2) is 34.3 Å². The Labute approximate surface area is 190 Å². The molecule has 29 heavy (non-hydrogen) atoms. The van der Waals surface area contributed by atoms with Gasteiger partial charge < -0.3 is 21.9 Å². The Balaban J connectivity index is 0.00000240. The van der Waals surface area contributed by atoms with E-state index < -0.39 is 0 Å². The summed E-state index contributed by atoms with van der Waals surface area (Å²) < 4.78 is 2.52. The molecule has 1 unspecified atom stereocenters. The molecule has 0 amide bonds. The Kier molecular flexibility index (Phi) is 7.23. The maximum atomic E-state index is 6.12. The van der Waals surface area contributed by atoms with E-state index in [0.717, 1.165) is 18.0 Å². The van der Waals surface area contributed by atoms with Crippen LogP contribution in [-0.2, 0) is 13.0 Å². The van der Waals surface area contributed by atoms with Crippen LogP contribution in [0.1, 0.15) is 37.8 Å². The molecule has 2 aliphatic heterocycles. The van der Waals surface area contributed by atoms with Crippen molar-refractivity contribution in [2.45, 2.75) is 45.2 Å². The van der Waals surface area contributed by atoms with E-state index in [2.05, 4.69) is 78.1 Å². The van der Waals surface area contributed by atoms with Crippen molar-refractivity contribution in [3.05, 3.63) is 82.5 Å². The van der Waals surface area contributed by atoms with Crippen molar-refractivity contribution in [2.24, 2.45) is 5.92 Å². The maximum absolute atomic E-state index is 6.12. The first-order valence-corrected chi connectivity index (χ1v) is 10.8. The maximum Gasteiger partial charge on any atom is 0.168 e. The van der Waals surface area contributed by atoms with E-state index in [1.165, 1.54) is 42.8 Å². The molecule has 2 aliphatic rings. The second kappa shape index (κ2) is 9.49. The molecule has 0 saturated carbocycles. The van der Waals surface area contributed by atoms with Gasteiger partial charge in [0.15, 0.2) is 18.3 Å². The van der Waals surface area contributed by atoms with E-state index in [9.17, 15) is 0 Å². The standard InChI is InChI=1S/C25H30ClN2.BrH/c1-25(2)23(18-20-10-12-22(26)13-11-20)24(27-15-6-7-16-27)14-17-28(25)19-21-8-4-3-5-9-21;/h3-5,8-14,17,23H,6-7,15-16,18-19H2,1-2H3;1H/q+1;/p-1. The second-order valence-electron chi connectivity index (χ2n) is 8.59. The average molecular weight is 474 g/mol. The summed E-state index contributed by atoms with van der Waals surface area (Å²) >= 11 is 6.12. The molecule has 2 heterocycles. The summed E-state index contributed by atoms with van der Waals surface area (Å²) in [5, 5.41) is 0.806. The minimum Gasteiger partial charge on any atom is -1.00 e. The quantitative estimate of drug-likeness (QED) is 0.605. The van der Waals surface area contributed by atoms with Gasteiger partial charge in [-0.25, -0.2) is 4.58 Å². The predicted molar refractivity (Wildman–Crippen MR) is 118 cm³/mol. The van der Waals surface area contributed by atoms with Crippen LogP contribution in [0.4, 0.5) is 0 Å². The summed E-state index contributed by atoms with van der Waals surface area (Å²) in [4.78, 5) is 2.61. The molecular formula is C25H30BrClN2. The molecule has 2 nitrogen and oxygen atoms in total. The van der Waals surface area contributed by atoms with Crippen LogP contribution in [0.15, 0.2) is 66.4 Å². The van der Waals surface area contributed by atoms with Gasteiger partial charge in [-0.15, -0.1) is 0 Å². The summed E-state index contributed by atoms with van der Waals surface area (Å²) in [5.41, 5.74) is 4.24. The summed E-state index contributed by atoms with van der Waals surface area (Å²) in [6.45, 7) is 8.11. The van der Waals surface area contributed by atoms with Crippen molar-refractivity contribution in [2.75, 3.05) is 13.1 Å². The SMILES string of the molecule is CC1(C)C(Cc2ccc(Cl)cc2)C(N2CCCC2)=CC=[N+]1Cc1ccccc1.[Br-]. The largest absolute Gasteiger partial charge is 1.00 e. The zero-order valence-corrected chi connectivity index (χ0v) is 19.7. The molecule has 1 atom stereocenters. The summed E-state index contributed by atoms with van der Waals surface area (Å²) in [7, 11) is 0. The van der Waals surface area contributed by atoms with E-state index in [1.54, 1.807) is 0 Å². The number of allylic oxidation sites excluding steroid dienone is 1. The average Bonchev–Trinajstić information content (AvgIpc) is 3.22. The molecule has 154 valence electrons. The highest BCUT2D eigenvalue weighted by atomic mass is 79.9. The molecule has 0 aromatic heterocycles. The van der Waals surface area contributed by atoms with Crippen molar-refractivity contribution in [3.63, 3.8) is 0 Å². The molecule has 4 heteroatoms. The van der Waals surface area contributed by atoms with Crippen LogP contribution in [0.5, 0.6) is 0 Å². The van der Waals surface area contributed by atoms with Crippen molar-refractivity contribution < 1.29 is 21.6 Å². The number of hydrogen-bond donors (Lipinski definition) is 0. The number of benzene rings is 2. The highest BCUT2D eigenvalue weighted by molar-refractivity contribution is 6.30. The molecule has 1 fully saturated rings. The van der Waals surface area contributed by atoms with Crippen LogP contribution in [0.2, 0.25) is 5.02 Å². The van der Waals surface area contributed by atoms with Crippen molar-refractivity contribution in [1.29, 1.82) is 0 Å². The number of nitrogens with zero attached hydrogens (tertiary/aromatic N) is 2. The zero-order chi connectivity index (χ0) is 19.6. The smallest absolute Gasteiger partial charge is 0.168 e. The Hall–Kier alpha value is -1.58. The van der Waals surface area contributed by atoms with Crippen molar-refractivity contribution in [3.8, 4) is 0 Å². The Bertz CT molecular complexity index is 865. The van der Waals surface area contributed by atoms with E-state index in [0.29, 0.717) is 5.92 Å². The lowest BCUT2D eigenvalue weighted by atomic mass is 9.77. The monoisotopic (exact) mass is 472 g/mol. The van der Waals surface area contributed by atoms with Crippen LogP contribution in [0.25, 0.3) is 0 Å². The van der Waals surface area contributed by atoms with Crippen LogP contribution >= 0.6 is 11.6 Å². The molecule has 0 radical (unpaired) electrons. The first-order chi connectivity index (χ1) is 13.5. The zero-order valence-electron chi connectivity index (χ0n) is 17.3. The summed E-state index contributed by atoms with van der Waals surface area (Å²) in [5.74, 6) is 0.445. The molecule has 0 bridgehead atoms. The van der Waals surface area contributed by atoms with E-state index in [1.807, 2.05) is 12.1 Å². The minimum atomic E-state index is 0. The fourth-order valence-corrected chi connectivity index (χ4v) is 4.71. The highest BCUT2D eigenvalue weighted by Gasteiger charge is 2.45. The summed E-state index contributed by atoms with van der Waals surface area (Å²) in [6.07, 6.45) is 8.34. The van der Waals surface area contributed by atoms with Gasteiger partial charge in [0.05, 0.1) is 5.92 Å². The van der Waals surface area contributed by atoms with Gasteiger partial charge in [0.2, 0.25) is 0 Å². The lowest BCUT2D eigenvalue weighted by Gasteiger charge is -2.39. The van der Waals surface area contributed by atoms with Crippen LogP contribution in [0, 0.1) is 5.92 Å². The molecule has 4 rings (SSSR count). The van der Waals surface area contributed by atoms with E-state index in [-0.39, 0.29) is 22.5 Å². The number of rotatable bonds is 5. The van der Waals surface area contributed by atoms with E-state index >= 15 is 0 Å². The fourth-order valence-electron chi connectivity index (χ4n) is 4.58. The second-order valence-corrected chi connectivity index (χ2v) is 9.02. The molecule has 0 N–H and O–H groups in total. The lowest BCUT2D eigenvalue weighted by Crippen LogP contribution is -3.00. The van der Waals surface area contributed by atoms with Gasteiger partial charge in [-0.3, -0.25) is 0 Å². The lowest BCUT2D eigenvalue weighted by molar-refractivity contribution is -0.621. The number of likely N-dealkylation sites (tertiary alicyclic amines) is 1. The molecule has 2 aromatic carbocycles. The van der Waals surface area contributed by atoms with Crippen LogP contribution in [0.3, 0.4) is 0 Å². The Morgan fingerprint density at radius 1 is 0.966 bits per heavy atom. The molecule has 0 spiro atoms. The van der Waals surface area contributed by atoms with Crippen molar-refractivity contribution in [1.82, 2.24) is 4.90 Å². The highest BCUT2D eigenvalue weighted by Crippen LogP contribution is 2.37. The van der Waals surface area contributed by atoms with Crippen molar-refractivity contribution >= 4 is 17.8 Å².